The number of aliphatic hydroxyl groups is 1. The molecular formula is C33H44N4O6. The second kappa shape index (κ2) is 15.5. The summed E-state index contributed by atoms with van der Waals surface area (Å²) in [5, 5.41) is 29.5. The van der Waals surface area contributed by atoms with Crippen LogP contribution in [0, 0.1) is 5.92 Å². The summed E-state index contributed by atoms with van der Waals surface area (Å²) in [7, 11) is 1.53. The van der Waals surface area contributed by atoms with E-state index in [-0.39, 0.29) is 30.5 Å². The van der Waals surface area contributed by atoms with Crippen molar-refractivity contribution in [3.63, 3.8) is 0 Å². The van der Waals surface area contributed by atoms with E-state index in [9.17, 15) is 24.6 Å². The summed E-state index contributed by atoms with van der Waals surface area (Å²) in [6, 6.07) is 11.2. The van der Waals surface area contributed by atoms with Gasteiger partial charge in [0, 0.05) is 32.1 Å². The third-order valence-electron chi connectivity index (χ3n) is 8.22. The minimum Gasteiger partial charge on any atom is -0.508 e. The number of hydrogen-bond donors (Lipinski definition) is 5. The number of hydrogen-bond acceptors (Lipinski definition) is 7. The Balaban J connectivity index is 1.65. The largest absolute Gasteiger partial charge is 0.508 e. The summed E-state index contributed by atoms with van der Waals surface area (Å²) in [5.74, 6) is -0.450. The van der Waals surface area contributed by atoms with Crippen LogP contribution in [0.3, 0.4) is 0 Å². The Bertz CT molecular complexity index is 1260. The maximum absolute atomic E-state index is 14.0. The van der Waals surface area contributed by atoms with Crippen molar-refractivity contribution in [3.05, 3.63) is 65.7 Å². The predicted octanol–water partition coefficient (Wildman–Crippen LogP) is 2.39. The Hall–Kier alpha value is -3.89. The smallest absolute Gasteiger partial charge is 0.246 e. The van der Waals surface area contributed by atoms with E-state index in [0.717, 1.165) is 43.2 Å². The average Bonchev–Trinajstić information content (AvgIpc) is 3.00. The van der Waals surface area contributed by atoms with Gasteiger partial charge >= 0.3 is 0 Å². The Morgan fingerprint density at radius 3 is 2.44 bits per heavy atom. The van der Waals surface area contributed by atoms with Crippen LogP contribution in [-0.2, 0) is 20.8 Å². The topological polar surface area (TPSA) is 140 Å². The molecule has 10 nitrogen and oxygen atoms in total. The first-order valence-electron chi connectivity index (χ1n) is 15.2. The molecule has 0 aromatic heterocycles. The minimum atomic E-state index is -1.21. The zero-order chi connectivity index (χ0) is 30.8. The number of nitrogens with one attached hydrogen (secondary N) is 3. The fraction of sp³-hybridized carbons (Fsp3) is 0.485. The molecule has 1 aliphatic heterocycles. The van der Waals surface area contributed by atoms with Gasteiger partial charge in [-0.1, -0.05) is 61.7 Å². The van der Waals surface area contributed by atoms with Crippen LogP contribution in [0.25, 0.3) is 6.08 Å². The molecule has 5 N–H and O–H groups in total. The van der Waals surface area contributed by atoms with Gasteiger partial charge < -0.3 is 35.8 Å². The second-order valence-corrected chi connectivity index (χ2v) is 11.4. The molecule has 1 unspecified atom stereocenters. The highest BCUT2D eigenvalue weighted by Crippen LogP contribution is 2.28. The molecule has 1 heterocycles. The van der Waals surface area contributed by atoms with Gasteiger partial charge in [-0.15, -0.1) is 0 Å². The first-order chi connectivity index (χ1) is 20.7. The first kappa shape index (κ1) is 32.0. The van der Waals surface area contributed by atoms with Gasteiger partial charge in [-0.25, -0.2) is 0 Å². The molecular weight excluding hydrogens is 548 g/mol. The number of benzene rings is 2. The van der Waals surface area contributed by atoms with Crippen LogP contribution in [-0.4, -0.2) is 83.8 Å². The van der Waals surface area contributed by atoms with Crippen LogP contribution >= 0.6 is 0 Å². The lowest BCUT2D eigenvalue weighted by Crippen LogP contribution is -2.61. The van der Waals surface area contributed by atoms with Crippen molar-refractivity contribution in [2.75, 3.05) is 26.7 Å². The number of phenolic OH excluding ortho intramolecular Hbond substituents is 1. The number of aromatic hydroxyl groups is 1. The number of amides is 3. The number of rotatable bonds is 4. The highest BCUT2D eigenvalue weighted by atomic mass is 16.5. The van der Waals surface area contributed by atoms with E-state index in [1.807, 2.05) is 36.4 Å². The zero-order valence-electron chi connectivity index (χ0n) is 25.0. The maximum atomic E-state index is 14.0. The molecule has 10 heteroatoms. The molecule has 43 heavy (non-hydrogen) atoms. The second-order valence-electron chi connectivity index (χ2n) is 11.4. The van der Waals surface area contributed by atoms with Gasteiger partial charge in [0.05, 0.1) is 12.1 Å². The van der Waals surface area contributed by atoms with E-state index in [0.29, 0.717) is 18.9 Å². The number of para-hydroxylation sites is 1. The lowest BCUT2D eigenvalue weighted by molar-refractivity contribution is -0.146. The van der Waals surface area contributed by atoms with Gasteiger partial charge in [0.25, 0.3) is 0 Å². The van der Waals surface area contributed by atoms with E-state index in [2.05, 4.69) is 16.0 Å². The van der Waals surface area contributed by atoms with Crippen LogP contribution in [0.1, 0.15) is 50.2 Å². The maximum Gasteiger partial charge on any atom is 0.246 e. The third-order valence-corrected chi connectivity index (χ3v) is 8.22. The monoisotopic (exact) mass is 592 g/mol. The highest BCUT2D eigenvalue weighted by Gasteiger charge is 2.38. The number of likely N-dealkylation sites (N-methyl/N-ethyl adjacent to an activating group) is 1. The Labute approximate surface area is 253 Å². The van der Waals surface area contributed by atoms with E-state index in [1.165, 1.54) is 31.0 Å². The lowest BCUT2D eigenvalue weighted by Gasteiger charge is -2.37. The van der Waals surface area contributed by atoms with Crippen LogP contribution in [0.5, 0.6) is 11.5 Å². The van der Waals surface area contributed by atoms with E-state index in [1.54, 1.807) is 12.1 Å². The van der Waals surface area contributed by atoms with Gasteiger partial charge in [0.1, 0.15) is 30.2 Å². The van der Waals surface area contributed by atoms with Crippen molar-refractivity contribution >= 4 is 23.8 Å². The third kappa shape index (κ3) is 8.81. The molecule has 1 saturated carbocycles. The normalized spacial score (nSPS) is 24.9. The number of fused-ring (bicyclic) bond motifs is 1. The van der Waals surface area contributed by atoms with Gasteiger partial charge in [-0.05, 0) is 49.4 Å². The SMILES string of the molecule is CC(O)[C@H]1C(=O)N[C@H](Cc2ccc(O)cc2)C(=O)NC/C=C/c2ccccc2OCCN[C@@H](C2CCCCC2)C(=O)N1C. The number of aliphatic hydroxyl groups excluding tert-OH is 1. The Kier molecular flexibility index (Phi) is 11.6. The summed E-state index contributed by atoms with van der Waals surface area (Å²) in [6.07, 6.45) is 7.62. The van der Waals surface area contributed by atoms with Crippen molar-refractivity contribution in [3.8, 4) is 11.5 Å². The lowest BCUT2D eigenvalue weighted by atomic mass is 9.83. The van der Waals surface area contributed by atoms with Gasteiger partial charge in [-0.3, -0.25) is 14.4 Å². The molecule has 1 fully saturated rings. The summed E-state index contributed by atoms with van der Waals surface area (Å²) in [6.45, 7) is 2.43. The molecule has 232 valence electrons. The molecule has 2 aromatic rings. The molecule has 2 aromatic carbocycles. The fourth-order valence-corrected chi connectivity index (χ4v) is 5.93. The minimum absolute atomic E-state index is 0.0896. The number of phenols is 1. The zero-order valence-corrected chi connectivity index (χ0v) is 25.0. The van der Waals surface area contributed by atoms with Gasteiger partial charge in [0.2, 0.25) is 17.7 Å². The van der Waals surface area contributed by atoms with Crippen molar-refractivity contribution in [2.45, 2.75) is 69.7 Å². The molecule has 4 rings (SSSR count). The van der Waals surface area contributed by atoms with Crippen molar-refractivity contribution in [1.82, 2.24) is 20.9 Å². The predicted molar refractivity (Wildman–Crippen MR) is 164 cm³/mol. The molecule has 0 radical (unpaired) electrons. The van der Waals surface area contributed by atoms with E-state index >= 15 is 0 Å². The standard InChI is InChI=1S/C33H44N4O6/c1-22(38)30-32(41)36-27(21-23-14-16-26(39)17-15-23)31(40)35-18-8-12-24-9-6-7-13-28(24)43-20-19-34-29(33(42)37(30)2)25-10-4-3-5-11-25/h6-9,12-17,22,25,27,29-30,34,38-39H,3-5,10-11,18-21H2,1-2H3,(H,35,40)(H,36,41)/b12-8+/t22?,27-,29+,30+/m1/s1. The Morgan fingerprint density at radius 2 is 1.72 bits per heavy atom. The molecule has 2 aliphatic rings. The number of nitrogens with zero attached hydrogens (tertiary/aromatic N) is 1. The van der Waals surface area contributed by atoms with Gasteiger partial charge in [0.15, 0.2) is 0 Å². The molecule has 4 atom stereocenters. The summed E-state index contributed by atoms with van der Waals surface area (Å²) >= 11 is 0. The summed E-state index contributed by atoms with van der Waals surface area (Å²) in [4.78, 5) is 42.3. The quantitative estimate of drug-likeness (QED) is 0.367. The number of carbonyl (C=O) groups is 3. The van der Waals surface area contributed by atoms with Crippen molar-refractivity contribution in [1.29, 1.82) is 0 Å². The van der Waals surface area contributed by atoms with E-state index in [4.69, 9.17) is 4.74 Å². The van der Waals surface area contributed by atoms with Crippen molar-refractivity contribution < 1.29 is 29.3 Å². The van der Waals surface area contributed by atoms with Crippen LogP contribution in [0.15, 0.2) is 54.6 Å². The highest BCUT2D eigenvalue weighted by molar-refractivity contribution is 5.93. The first-order valence-corrected chi connectivity index (χ1v) is 15.2. The number of ether oxygens (including phenoxy) is 1. The summed E-state index contributed by atoms with van der Waals surface area (Å²) < 4.78 is 6.07. The Morgan fingerprint density at radius 1 is 1.00 bits per heavy atom. The molecule has 1 aliphatic carbocycles. The van der Waals surface area contributed by atoms with Crippen LogP contribution in [0.2, 0.25) is 0 Å². The molecule has 0 bridgehead atoms. The van der Waals surface area contributed by atoms with Crippen LogP contribution < -0.4 is 20.7 Å². The van der Waals surface area contributed by atoms with Crippen LogP contribution in [0.4, 0.5) is 0 Å². The fourth-order valence-electron chi connectivity index (χ4n) is 5.93. The average molecular weight is 593 g/mol. The molecule has 3 amide bonds. The van der Waals surface area contributed by atoms with Crippen molar-refractivity contribution in [2.24, 2.45) is 5.92 Å². The molecule has 0 saturated heterocycles. The molecule has 0 spiro atoms. The van der Waals surface area contributed by atoms with Gasteiger partial charge in [-0.2, -0.15) is 0 Å². The summed E-state index contributed by atoms with van der Waals surface area (Å²) in [5.41, 5.74) is 1.58. The number of carbonyl (C=O) groups excluding carboxylic acids is 3. The van der Waals surface area contributed by atoms with E-state index < -0.39 is 36.0 Å².